The second-order valence-electron chi connectivity index (χ2n) is 1.44. The molecule has 1 rings (SSSR count). The maximum absolute atomic E-state index is 10.2. The fraction of sp³-hybridized carbons (Fsp3) is 0.250. The second kappa shape index (κ2) is 1.76. The van der Waals surface area contributed by atoms with E-state index in [0.717, 1.165) is 6.08 Å². The van der Waals surface area contributed by atoms with Crippen LogP contribution in [0.2, 0.25) is 0 Å². The molecule has 0 saturated heterocycles. The van der Waals surface area contributed by atoms with E-state index in [1.807, 2.05) is 0 Å². The van der Waals surface area contributed by atoms with Crippen LogP contribution in [0, 0.1) is 0 Å². The first kappa shape index (κ1) is 5.59. The molecule has 0 aliphatic carbocycles. The van der Waals surface area contributed by atoms with Crippen LogP contribution >= 0.6 is 11.6 Å². The van der Waals surface area contributed by atoms with Crippen molar-refractivity contribution in [3.63, 3.8) is 0 Å². The largest absolute Gasteiger partial charge is 0.369 e. The van der Waals surface area contributed by atoms with Gasteiger partial charge in [-0.15, -0.1) is 0 Å². The Morgan fingerprint density at radius 3 is 2.62 bits per heavy atom. The summed E-state index contributed by atoms with van der Waals surface area (Å²) in [4.78, 5) is 10.2. The summed E-state index contributed by atoms with van der Waals surface area (Å²) in [5.41, 5.74) is 0. The highest BCUT2D eigenvalue weighted by molar-refractivity contribution is 6.32. The molecule has 0 aromatic carbocycles. The molecule has 1 unspecified atom stereocenters. The maximum Gasteiger partial charge on any atom is 0.247 e. The van der Waals surface area contributed by atoms with E-state index in [1.54, 1.807) is 0 Å². The van der Waals surface area contributed by atoms with Gasteiger partial charge in [-0.3, -0.25) is 4.79 Å². The number of amides is 1. The molecule has 0 aromatic heterocycles. The van der Waals surface area contributed by atoms with Crippen LogP contribution in [0.15, 0.2) is 11.1 Å². The minimum atomic E-state index is -0.982. The van der Waals surface area contributed by atoms with Crippen LogP contribution in [0.1, 0.15) is 0 Å². The van der Waals surface area contributed by atoms with Gasteiger partial charge in [0.15, 0.2) is 6.23 Å². The lowest BCUT2D eigenvalue weighted by Crippen LogP contribution is -2.26. The average molecular weight is 134 g/mol. The van der Waals surface area contributed by atoms with Crippen LogP contribution < -0.4 is 5.32 Å². The van der Waals surface area contributed by atoms with Crippen LogP contribution in [0.3, 0.4) is 0 Å². The maximum atomic E-state index is 10.2. The molecule has 0 saturated carbocycles. The molecule has 0 fully saturated rings. The summed E-state index contributed by atoms with van der Waals surface area (Å²) in [6.45, 7) is 0. The van der Waals surface area contributed by atoms with Gasteiger partial charge in [0.1, 0.15) is 0 Å². The molecule has 1 amide bonds. The standard InChI is InChI=1S/C4H4ClNO2/c5-2-1-3(7)6-4(2)8/h1,4,8H,(H,6,7). The number of hydrogen-bond acceptors (Lipinski definition) is 2. The summed E-state index contributed by atoms with van der Waals surface area (Å²) < 4.78 is 0. The van der Waals surface area contributed by atoms with Gasteiger partial charge in [0.2, 0.25) is 5.91 Å². The Hall–Kier alpha value is -0.540. The highest BCUT2D eigenvalue weighted by Crippen LogP contribution is 2.09. The molecule has 1 atom stereocenters. The molecular formula is C4H4ClNO2. The van der Waals surface area contributed by atoms with E-state index in [2.05, 4.69) is 5.32 Å². The van der Waals surface area contributed by atoms with E-state index in [9.17, 15) is 4.79 Å². The number of halogens is 1. The zero-order valence-electron chi connectivity index (χ0n) is 3.89. The summed E-state index contributed by atoms with van der Waals surface area (Å²) >= 11 is 5.29. The Bertz CT molecular complexity index is 154. The van der Waals surface area contributed by atoms with Gasteiger partial charge >= 0.3 is 0 Å². The molecule has 4 heteroatoms. The minimum absolute atomic E-state index is 0.148. The van der Waals surface area contributed by atoms with Crippen LogP contribution in [0.5, 0.6) is 0 Å². The zero-order valence-corrected chi connectivity index (χ0v) is 4.64. The van der Waals surface area contributed by atoms with Crippen LogP contribution in [-0.2, 0) is 4.79 Å². The first-order chi connectivity index (χ1) is 3.70. The van der Waals surface area contributed by atoms with E-state index < -0.39 is 6.23 Å². The number of nitrogens with one attached hydrogen (secondary N) is 1. The van der Waals surface area contributed by atoms with Gasteiger partial charge in [0.25, 0.3) is 0 Å². The molecule has 2 N–H and O–H groups in total. The predicted octanol–water partition coefficient (Wildman–Crippen LogP) is -0.443. The number of aliphatic hydroxyl groups excluding tert-OH is 1. The first-order valence-electron chi connectivity index (χ1n) is 2.06. The summed E-state index contributed by atoms with van der Waals surface area (Å²) in [6.07, 6.45) is 0.163. The molecule has 8 heavy (non-hydrogen) atoms. The number of rotatable bonds is 0. The van der Waals surface area contributed by atoms with E-state index in [1.165, 1.54) is 0 Å². The Morgan fingerprint density at radius 2 is 2.50 bits per heavy atom. The monoisotopic (exact) mass is 133 g/mol. The van der Waals surface area contributed by atoms with Crippen molar-refractivity contribution in [3.05, 3.63) is 11.1 Å². The molecule has 1 heterocycles. The molecular weight excluding hydrogens is 130 g/mol. The summed E-state index contributed by atoms with van der Waals surface area (Å²) in [5, 5.41) is 10.9. The fourth-order valence-corrected chi connectivity index (χ4v) is 0.603. The molecule has 0 spiro atoms. The van der Waals surface area contributed by atoms with Crippen LogP contribution in [-0.4, -0.2) is 17.2 Å². The van der Waals surface area contributed by atoms with Gasteiger partial charge in [-0.25, -0.2) is 0 Å². The fourth-order valence-electron chi connectivity index (χ4n) is 0.450. The predicted molar refractivity (Wildman–Crippen MR) is 28.1 cm³/mol. The van der Waals surface area contributed by atoms with Gasteiger partial charge in [0, 0.05) is 6.08 Å². The number of hydrogen-bond donors (Lipinski definition) is 2. The molecule has 1 aliphatic heterocycles. The van der Waals surface area contributed by atoms with Gasteiger partial charge in [-0.1, -0.05) is 11.6 Å². The average Bonchev–Trinajstić information content (AvgIpc) is 1.85. The normalized spacial score (nSPS) is 27.5. The minimum Gasteiger partial charge on any atom is -0.369 e. The van der Waals surface area contributed by atoms with Crippen molar-refractivity contribution in [2.45, 2.75) is 6.23 Å². The SMILES string of the molecule is O=C1C=C(Cl)C(O)N1. The molecule has 1 aliphatic rings. The molecule has 0 aromatic rings. The molecule has 0 bridgehead atoms. The Balaban J connectivity index is 2.73. The van der Waals surface area contributed by atoms with E-state index in [0.29, 0.717) is 0 Å². The van der Waals surface area contributed by atoms with Crippen molar-refractivity contribution < 1.29 is 9.90 Å². The van der Waals surface area contributed by atoms with Crippen molar-refractivity contribution in [2.24, 2.45) is 0 Å². The van der Waals surface area contributed by atoms with Gasteiger partial charge in [0.05, 0.1) is 5.03 Å². The lowest BCUT2D eigenvalue weighted by molar-refractivity contribution is -0.117. The zero-order chi connectivity index (χ0) is 6.15. The van der Waals surface area contributed by atoms with Crippen LogP contribution in [0.4, 0.5) is 0 Å². The lowest BCUT2D eigenvalue weighted by Gasteiger charge is -1.98. The topological polar surface area (TPSA) is 49.3 Å². The first-order valence-corrected chi connectivity index (χ1v) is 2.43. The van der Waals surface area contributed by atoms with Crippen molar-refractivity contribution in [3.8, 4) is 0 Å². The van der Waals surface area contributed by atoms with Crippen molar-refractivity contribution in [2.75, 3.05) is 0 Å². The van der Waals surface area contributed by atoms with Gasteiger partial charge < -0.3 is 10.4 Å². The molecule has 44 valence electrons. The van der Waals surface area contributed by atoms with E-state index >= 15 is 0 Å². The van der Waals surface area contributed by atoms with Gasteiger partial charge in [-0.05, 0) is 0 Å². The second-order valence-corrected chi connectivity index (χ2v) is 1.88. The van der Waals surface area contributed by atoms with E-state index in [-0.39, 0.29) is 10.9 Å². The third-order valence-electron chi connectivity index (χ3n) is 0.809. The summed E-state index contributed by atoms with van der Waals surface area (Å²) in [5.74, 6) is -0.345. The highest BCUT2D eigenvalue weighted by atomic mass is 35.5. The van der Waals surface area contributed by atoms with Gasteiger partial charge in [-0.2, -0.15) is 0 Å². The Kier molecular flexibility index (Phi) is 1.23. The quantitative estimate of drug-likeness (QED) is 0.471. The third kappa shape index (κ3) is 0.827. The highest BCUT2D eigenvalue weighted by Gasteiger charge is 2.18. The van der Waals surface area contributed by atoms with Crippen molar-refractivity contribution in [1.82, 2.24) is 5.32 Å². The van der Waals surface area contributed by atoms with Crippen LogP contribution in [0.25, 0.3) is 0 Å². The van der Waals surface area contributed by atoms with Crippen molar-refractivity contribution in [1.29, 1.82) is 0 Å². The number of carbonyl (C=O) groups excluding carboxylic acids is 1. The summed E-state index contributed by atoms with van der Waals surface area (Å²) in [6, 6.07) is 0. The lowest BCUT2D eigenvalue weighted by atomic mass is 10.5. The smallest absolute Gasteiger partial charge is 0.247 e. The Labute approximate surface area is 50.9 Å². The molecule has 3 nitrogen and oxygen atoms in total. The Morgan fingerprint density at radius 1 is 1.88 bits per heavy atom. The third-order valence-corrected chi connectivity index (χ3v) is 1.12. The number of aliphatic hydroxyl groups is 1. The van der Waals surface area contributed by atoms with E-state index in [4.69, 9.17) is 16.7 Å². The number of carbonyl (C=O) groups is 1. The van der Waals surface area contributed by atoms with Crippen molar-refractivity contribution >= 4 is 17.5 Å². The summed E-state index contributed by atoms with van der Waals surface area (Å²) in [7, 11) is 0. The molecule has 0 radical (unpaired) electrons.